The molecule has 0 aromatic heterocycles. The maximum absolute atomic E-state index is 14.1. The average Bonchev–Trinajstić information content (AvgIpc) is 3.10. The summed E-state index contributed by atoms with van der Waals surface area (Å²) >= 11 is 0. The number of anilines is 1. The van der Waals surface area contributed by atoms with Gasteiger partial charge >= 0.3 is 5.97 Å². The van der Waals surface area contributed by atoms with Crippen LogP contribution in [0.5, 0.6) is 11.5 Å². The van der Waals surface area contributed by atoms with Crippen LogP contribution in [0.25, 0.3) is 11.1 Å². The van der Waals surface area contributed by atoms with Gasteiger partial charge in [0.15, 0.2) is 11.5 Å². The van der Waals surface area contributed by atoms with E-state index >= 15 is 0 Å². The lowest BCUT2D eigenvalue weighted by Gasteiger charge is -2.34. The number of methoxy groups -OCH3 is 1. The summed E-state index contributed by atoms with van der Waals surface area (Å²) in [4.78, 5) is 26.7. The topological polar surface area (TPSA) is 136 Å². The van der Waals surface area contributed by atoms with Crippen molar-refractivity contribution in [2.24, 2.45) is 5.73 Å². The van der Waals surface area contributed by atoms with Crippen LogP contribution < -0.4 is 25.8 Å². The molecule has 0 radical (unpaired) electrons. The van der Waals surface area contributed by atoms with Crippen LogP contribution in [-0.4, -0.2) is 24.8 Å². The van der Waals surface area contributed by atoms with E-state index in [0.29, 0.717) is 28.3 Å². The third-order valence-corrected chi connectivity index (χ3v) is 7.45. The zero-order valence-corrected chi connectivity index (χ0v) is 26.2. The second kappa shape index (κ2) is 14.8. The van der Waals surface area contributed by atoms with Crippen molar-refractivity contribution >= 4 is 23.4 Å². The SMILES string of the molecule is COc1cc([C@](Nc2ccc(C(=N)N)cc2)(OC(C)=O)C(=O)NCc2ccccc2)ccc1OCc1ccc(-c2ccccc2)cc1. The van der Waals surface area contributed by atoms with Crippen LogP contribution >= 0.6 is 0 Å². The molecule has 47 heavy (non-hydrogen) atoms. The average molecular weight is 629 g/mol. The van der Waals surface area contributed by atoms with E-state index in [1.807, 2.05) is 72.8 Å². The van der Waals surface area contributed by atoms with Gasteiger partial charge in [0.2, 0.25) is 0 Å². The molecule has 0 saturated carbocycles. The number of nitrogens with one attached hydrogen (secondary N) is 3. The molecule has 5 aromatic rings. The highest BCUT2D eigenvalue weighted by Crippen LogP contribution is 2.36. The van der Waals surface area contributed by atoms with Gasteiger partial charge in [-0.1, -0.05) is 84.9 Å². The summed E-state index contributed by atoms with van der Waals surface area (Å²) in [5, 5.41) is 13.7. The number of ether oxygens (including phenoxy) is 3. The van der Waals surface area contributed by atoms with Crippen molar-refractivity contribution < 1.29 is 23.8 Å². The van der Waals surface area contributed by atoms with Gasteiger partial charge in [0.1, 0.15) is 12.4 Å². The molecule has 5 rings (SSSR count). The lowest BCUT2D eigenvalue weighted by atomic mass is 9.99. The number of amidine groups is 1. The van der Waals surface area contributed by atoms with E-state index in [1.54, 1.807) is 42.5 Å². The van der Waals surface area contributed by atoms with Crippen LogP contribution in [0.1, 0.15) is 29.2 Å². The smallest absolute Gasteiger partial charge is 0.305 e. The number of amides is 1. The molecule has 0 saturated heterocycles. The number of rotatable bonds is 13. The number of nitrogens with two attached hydrogens (primary N) is 1. The normalized spacial score (nSPS) is 11.9. The number of benzene rings is 5. The molecule has 0 spiro atoms. The lowest BCUT2D eigenvalue weighted by Crippen LogP contribution is -2.52. The second-order valence-corrected chi connectivity index (χ2v) is 10.8. The van der Waals surface area contributed by atoms with Gasteiger partial charge in [-0.15, -0.1) is 0 Å². The quantitative estimate of drug-likeness (QED) is 0.0515. The number of nitrogen functional groups attached to an aromatic ring is 1. The fraction of sp³-hybridized carbons (Fsp3) is 0.132. The monoisotopic (exact) mass is 628 g/mol. The maximum atomic E-state index is 14.1. The molecule has 0 heterocycles. The minimum atomic E-state index is -2.00. The summed E-state index contributed by atoms with van der Waals surface area (Å²) in [6, 6.07) is 39.1. The molecule has 0 unspecified atom stereocenters. The Morgan fingerprint density at radius 1 is 0.766 bits per heavy atom. The minimum Gasteiger partial charge on any atom is -0.493 e. The van der Waals surface area contributed by atoms with E-state index < -0.39 is 17.6 Å². The molecule has 0 aliphatic heterocycles. The first-order chi connectivity index (χ1) is 22.8. The Kier molecular flexibility index (Phi) is 10.2. The van der Waals surface area contributed by atoms with Gasteiger partial charge in [-0.25, -0.2) is 0 Å². The molecule has 0 fully saturated rings. The summed E-state index contributed by atoms with van der Waals surface area (Å²) in [5.74, 6) is -0.622. The molecule has 9 nitrogen and oxygen atoms in total. The zero-order chi connectivity index (χ0) is 33.2. The number of esters is 1. The first-order valence-electron chi connectivity index (χ1n) is 15.0. The van der Waals surface area contributed by atoms with Gasteiger partial charge in [0, 0.05) is 30.3 Å². The molecular formula is C38H36N4O5. The highest BCUT2D eigenvalue weighted by Gasteiger charge is 2.45. The Hall–Kier alpha value is -6.09. The van der Waals surface area contributed by atoms with Crippen molar-refractivity contribution in [1.82, 2.24) is 5.32 Å². The standard InChI is InChI=1S/C38H36N4O5/c1-26(43)47-38(37(44)41-24-27-9-5-3-6-10-27,42-33-20-17-31(18-21-33)36(39)40)32-19-22-34(35(23-32)45-2)46-25-28-13-15-30(16-14-28)29-11-7-4-8-12-29/h3-23,42H,24-25H2,1-2H3,(H3,39,40)(H,41,44)/t38-/m0/s1. The summed E-state index contributed by atoms with van der Waals surface area (Å²) in [6.07, 6.45) is 0. The first-order valence-corrected chi connectivity index (χ1v) is 15.0. The number of carbonyl (C=O) groups is 2. The van der Waals surface area contributed by atoms with Gasteiger partial charge in [-0.3, -0.25) is 15.0 Å². The van der Waals surface area contributed by atoms with E-state index in [-0.39, 0.29) is 19.0 Å². The van der Waals surface area contributed by atoms with Crippen molar-refractivity contribution in [1.29, 1.82) is 5.41 Å². The molecular weight excluding hydrogens is 592 g/mol. The largest absolute Gasteiger partial charge is 0.493 e. The van der Waals surface area contributed by atoms with Gasteiger partial charge in [0.25, 0.3) is 11.6 Å². The highest BCUT2D eigenvalue weighted by molar-refractivity contribution is 5.95. The Labute approximate surface area is 273 Å². The van der Waals surface area contributed by atoms with Crippen molar-refractivity contribution in [3.63, 3.8) is 0 Å². The van der Waals surface area contributed by atoms with Crippen molar-refractivity contribution in [3.8, 4) is 22.6 Å². The predicted molar refractivity (Wildman–Crippen MR) is 182 cm³/mol. The molecule has 5 aromatic carbocycles. The van der Waals surface area contributed by atoms with Crippen LogP contribution in [0.3, 0.4) is 0 Å². The molecule has 0 aliphatic carbocycles. The third-order valence-electron chi connectivity index (χ3n) is 7.45. The van der Waals surface area contributed by atoms with E-state index in [2.05, 4.69) is 22.8 Å². The molecule has 238 valence electrons. The van der Waals surface area contributed by atoms with Gasteiger partial charge in [-0.2, -0.15) is 0 Å². The Balaban J connectivity index is 1.45. The zero-order valence-electron chi connectivity index (χ0n) is 26.2. The van der Waals surface area contributed by atoms with Crippen LogP contribution in [0, 0.1) is 5.41 Å². The van der Waals surface area contributed by atoms with Crippen LogP contribution in [0.4, 0.5) is 5.69 Å². The summed E-state index contributed by atoms with van der Waals surface area (Å²) in [6.45, 7) is 1.70. The maximum Gasteiger partial charge on any atom is 0.305 e. The lowest BCUT2D eigenvalue weighted by molar-refractivity contribution is -0.165. The van der Waals surface area contributed by atoms with E-state index in [4.69, 9.17) is 25.4 Å². The summed E-state index contributed by atoms with van der Waals surface area (Å²) < 4.78 is 17.7. The Bertz CT molecular complexity index is 1830. The van der Waals surface area contributed by atoms with E-state index in [0.717, 1.165) is 22.3 Å². The van der Waals surface area contributed by atoms with Crippen LogP contribution in [0.15, 0.2) is 127 Å². The molecule has 0 aliphatic rings. The minimum absolute atomic E-state index is 0.101. The van der Waals surface area contributed by atoms with Crippen molar-refractivity contribution in [2.45, 2.75) is 25.8 Å². The third kappa shape index (κ3) is 7.96. The molecule has 1 amide bonds. The summed E-state index contributed by atoms with van der Waals surface area (Å²) in [7, 11) is 1.50. The molecule has 0 bridgehead atoms. The molecule has 9 heteroatoms. The highest BCUT2D eigenvalue weighted by atomic mass is 16.6. The Morgan fingerprint density at radius 3 is 2.02 bits per heavy atom. The number of hydrogen-bond acceptors (Lipinski definition) is 7. The fourth-order valence-corrected chi connectivity index (χ4v) is 5.04. The fourth-order valence-electron chi connectivity index (χ4n) is 5.04. The molecule has 1 atom stereocenters. The van der Waals surface area contributed by atoms with Gasteiger partial charge < -0.3 is 30.6 Å². The van der Waals surface area contributed by atoms with Gasteiger partial charge in [0.05, 0.1) is 7.11 Å². The number of hydrogen-bond donors (Lipinski definition) is 4. The van der Waals surface area contributed by atoms with Gasteiger partial charge in [-0.05, 0) is 64.7 Å². The van der Waals surface area contributed by atoms with E-state index in [1.165, 1.54) is 14.0 Å². The molecule has 5 N–H and O–H groups in total. The Morgan fingerprint density at radius 2 is 1.40 bits per heavy atom. The van der Waals surface area contributed by atoms with Crippen LogP contribution in [-0.2, 0) is 33.2 Å². The van der Waals surface area contributed by atoms with Crippen LogP contribution in [0.2, 0.25) is 0 Å². The van der Waals surface area contributed by atoms with Crippen molar-refractivity contribution in [2.75, 3.05) is 12.4 Å². The summed E-state index contributed by atoms with van der Waals surface area (Å²) in [5.41, 5.74) is 8.93. The number of carbonyl (C=O) groups excluding carboxylic acids is 2. The first kappa shape index (κ1) is 32.3. The predicted octanol–water partition coefficient (Wildman–Crippen LogP) is 6.37. The van der Waals surface area contributed by atoms with E-state index in [9.17, 15) is 9.59 Å². The second-order valence-electron chi connectivity index (χ2n) is 10.8. The van der Waals surface area contributed by atoms with Crippen molar-refractivity contribution in [3.05, 3.63) is 150 Å².